The topological polar surface area (TPSA) is 57.6 Å². The van der Waals surface area contributed by atoms with E-state index in [2.05, 4.69) is 29.0 Å². The van der Waals surface area contributed by atoms with Crippen LogP contribution < -0.4 is 5.32 Å². The van der Waals surface area contributed by atoms with Crippen molar-refractivity contribution in [2.45, 2.75) is 39.0 Å². The van der Waals surface area contributed by atoms with Crippen molar-refractivity contribution >= 4 is 16.5 Å². The smallest absolute Gasteiger partial charge is 0.182 e. The number of anilines is 1. The summed E-state index contributed by atoms with van der Waals surface area (Å²) in [7, 11) is 0. The Kier molecular flexibility index (Phi) is 5.57. The van der Waals surface area contributed by atoms with Crippen molar-refractivity contribution in [3.63, 3.8) is 0 Å². The van der Waals surface area contributed by atoms with Crippen LogP contribution in [0, 0.1) is 0 Å². The molecule has 6 heteroatoms. The fourth-order valence-electron chi connectivity index (χ4n) is 2.10. The largest absolute Gasteiger partial charge is 0.394 e. The summed E-state index contributed by atoms with van der Waals surface area (Å²) in [5, 5.41) is 13.5. The van der Waals surface area contributed by atoms with Crippen molar-refractivity contribution in [3.8, 4) is 0 Å². The first-order valence-electron chi connectivity index (χ1n) is 6.88. The second kappa shape index (κ2) is 7.19. The molecule has 2 heterocycles. The van der Waals surface area contributed by atoms with Gasteiger partial charge in [0.1, 0.15) is 0 Å². The molecular formula is C13H23N3O2S. The third-order valence-electron chi connectivity index (χ3n) is 3.28. The van der Waals surface area contributed by atoms with Crippen LogP contribution >= 0.6 is 11.3 Å². The van der Waals surface area contributed by atoms with Gasteiger partial charge in [-0.2, -0.15) is 0 Å². The van der Waals surface area contributed by atoms with E-state index in [-0.39, 0.29) is 12.7 Å². The molecule has 0 aliphatic carbocycles. The van der Waals surface area contributed by atoms with Crippen LogP contribution in [0.1, 0.15) is 25.1 Å². The van der Waals surface area contributed by atoms with E-state index in [4.69, 9.17) is 4.74 Å². The molecule has 0 bridgehead atoms. The molecule has 19 heavy (non-hydrogen) atoms. The molecule has 0 radical (unpaired) electrons. The molecule has 0 amide bonds. The molecule has 2 atom stereocenters. The first kappa shape index (κ1) is 14.7. The van der Waals surface area contributed by atoms with Gasteiger partial charge < -0.3 is 15.2 Å². The van der Waals surface area contributed by atoms with E-state index in [1.807, 2.05) is 6.20 Å². The number of nitrogens with one attached hydrogen (secondary N) is 1. The number of morpholine rings is 1. The van der Waals surface area contributed by atoms with E-state index in [1.165, 1.54) is 4.88 Å². The van der Waals surface area contributed by atoms with Crippen LogP contribution in [-0.4, -0.2) is 53.4 Å². The zero-order valence-corrected chi connectivity index (χ0v) is 12.4. The summed E-state index contributed by atoms with van der Waals surface area (Å²) in [5.41, 5.74) is 0. The zero-order chi connectivity index (χ0) is 13.7. The van der Waals surface area contributed by atoms with E-state index in [0.29, 0.717) is 12.6 Å². The van der Waals surface area contributed by atoms with Gasteiger partial charge in [-0.1, -0.05) is 6.92 Å². The highest BCUT2D eigenvalue weighted by Gasteiger charge is 2.25. The Morgan fingerprint density at radius 3 is 3.21 bits per heavy atom. The van der Waals surface area contributed by atoms with Gasteiger partial charge in [-0.3, -0.25) is 4.90 Å². The van der Waals surface area contributed by atoms with E-state index in [1.54, 1.807) is 11.3 Å². The molecular weight excluding hydrogens is 262 g/mol. The number of aliphatic hydroxyl groups is 1. The van der Waals surface area contributed by atoms with Gasteiger partial charge in [-0.05, 0) is 13.3 Å². The minimum absolute atomic E-state index is 0.0539. The summed E-state index contributed by atoms with van der Waals surface area (Å²) >= 11 is 1.71. The van der Waals surface area contributed by atoms with Crippen molar-refractivity contribution in [1.29, 1.82) is 0 Å². The normalized spacial score (nSPS) is 24.6. The molecule has 108 valence electrons. The molecule has 1 fully saturated rings. The minimum Gasteiger partial charge on any atom is -0.394 e. The van der Waals surface area contributed by atoms with Crippen LogP contribution in [0.3, 0.4) is 0 Å². The van der Waals surface area contributed by atoms with E-state index in [0.717, 1.165) is 31.2 Å². The van der Waals surface area contributed by atoms with Crippen molar-refractivity contribution < 1.29 is 9.84 Å². The third-order valence-corrected chi connectivity index (χ3v) is 4.22. The third kappa shape index (κ3) is 4.14. The first-order chi connectivity index (χ1) is 9.22. The van der Waals surface area contributed by atoms with Gasteiger partial charge in [0, 0.05) is 36.8 Å². The van der Waals surface area contributed by atoms with Gasteiger partial charge in [0.05, 0.1) is 19.3 Å². The molecule has 0 aromatic carbocycles. The zero-order valence-electron chi connectivity index (χ0n) is 11.6. The molecule has 1 saturated heterocycles. The Bertz CT molecular complexity index is 386. The molecule has 1 aromatic rings. The first-order valence-corrected chi connectivity index (χ1v) is 7.69. The standard InChI is InChI=1S/C13H23N3O2S/c1-3-4-14-13-15-5-12(19-13)7-16-6-11(8-17)18-9-10(16)2/h5,10-11,17H,3-4,6-9H2,1-2H3,(H,14,15). The highest BCUT2D eigenvalue weighted by Crippen LogP contribution is 2.22. The Morgan fingerprint density at radius 2 is 2.47 bits per heavy atom. The molecule has 1 aliphatic rings. The number of hydrogen-bond acceptors (Lipinski definition) is 6. The van der Waals surface area contributed by atoms with Crippen LogP contribution in [0.25, 0.3) is 0 Å². The highest BCUT2D eigenvalue weighted by molar-refractivity contribution is 7.15. The van der Waals surface area contributed by atoms with Crippen molar-refractivity contribution in [1.82, 2.24) is 9.88 Å². The molecule has 1 aromatic heterocycles. The average molecular weight is 285 g/mol. The summed E-state index contributed by atoms with van der Waals surface area (Å²) in [6, 6.07) is 0.386. The van der Waals surface area contributed by atoms with Crippen molar-refractivity contribution in [2.75, 3.05) is 31.6 Å². The van der Waals surface area contributed by atoms with Gasteiger partial charge in [-0.25, -0.2) is 4.98 Å². The van der Waals surface area contributed by atoms with E-state index < -0.39 is 0 Å². The number of aliphatic hydroxyl groups excluding tert-OH is 1. The van der Waals surface area contributed by atoms with Gasteiger partial charge in [-0.15, -0.1) is 11.3 Å². The predicted octanol–water partition coefficient (Wildman–Crippen LogP) is 1.55. The lowest BCUT2D eigenvalue weighted by Gasteiger charge is -2.37. The SMILES string of the molecule is CCCNc1ncc(CN2CC(CO)OCC2C)s1. The molecule has 0 spiro atoms. The minimum atomic E-state index is -0.0539. The Balaban J connectivity index is 1.90. The number of ether oxygens (including phenoxy) is 1. The lowest BCUT2D eigenvalue weighted by Crippen LogP contribution is -2.48. The summed E-state index contributed by atoms with van der Waals surface area (Å²) < 4.78 is 5.55. The quantitative estimate of drug-likeness (QED) is 0.830. The monoisotopic (exact) mass is 285 g/mol. The predicted molar refractivity (Wildman–Crippen MR) is 77.6 cm³/mol. The van der Waals surface area contributed by atoms with Crippen molar-refractivity contribution in [3.05, 3.63) is 11.1 Å². The second-order valence-electron chi connectivity index (χ2n) is 4.97. The Hall–Kier alpha value is -0.690. The number of aromatic nitrogens is 1. The molecule has 2 N–H and O–H groups in total. The fourth-order valence-corrected chi connectivity index (χ4v) is 2.96. The van der Waals surface area contributed by atoms with Crippen LogP contribution in [0.15, 0.2) is 6.20 Å². The van der Waals surface area contributed by atoms with Crippen LogP contribution in [-0.2, 0) is 11.3 Å². The van der Waals surface area contributed by atoms with Crippen LogP contribution in [0.2, 0.25) is 0 Å². The second-order valence-corrected chi connectivity index (χ2v) is 6.09. The summed E-state index contributed by atoms with van der Waals surface area (Å²) in [5.74, 6) is 0. The Morgan fingerprint density at radius 1 is 1.63 bits per heavy atom. The number of thiazole rings is 1. The number of nitrogens with zero attached hydrogens (tertiary/aromatic N) is 2. The van der Waals surface area contributed by atoms with Gasteiger partial charge in [0.2, 0.25) is 0 Å². The van der Waals surface area contributed by atoms with Gasteiger partial charge in [0.25, 0.3) is 0 Å². The molecule has 0 saturated carbocycles. The number of rotatable bonds is 6. The van der Waals surface area contributed by atoms with Gasteiger partial charge >= 0.3 is 0 Å². The lowest BCUT2D eigenvalue weighted by molar-refractivity contribution is -0.0803. The number of hydrogen-bond donors (Lipinski definition) is 2. The van der Waals surface area contributed by atoms with Crippen LogP contribution in [0.5, 0.6) is 0 Å². The maximum atomic E-state index is 9.19. The van der Waals surface area contributed by atoms with Gasteiger partial charge in [0.15, 0.2) is 5.13 Å². The van der Waals surface area contributed by atoms with Crippen molar-refractivity contribution in [2.24, 2.45) is 0 Å². The maximum Gasteiger partial charge on any atom is 0.182 e. The lowest BCUT2D eigenvalue weighted by atomic mass is 10.2. The average Bonchev–Trinajstić information content (AvgIpc) is 2.86. The van der Waals surface area contributed by atoms with E-state index in [9.17, 15) is 5.11 Å². The molecule has 5 nitrogen and oxygen atoms in total. The molecule has 2 unspecified atom stereocenters. The van der Waals surface area contributed by atoms with E-state index >= 15 is 0 Å². The highest BCUT2D eigenvalue weighted by atomic mass is 32.1. The maximum absolute atomic E-state index is 9.19. The Labute approximate surface area is 118 Å². The fraction of sp³-hybridized carbons (Fsp3) is 0.769. The summed E-state index contributed by atoms with van der Waals surface area (Å²) in [6.45, 7) is 7.71. The molecule has 1 aliphatic heterocycles. The molecule has 2 rings (SSSR count). The summed E-state index contributed by atoms with van der Waals surface area (Å²) in [6.07, 6.45) is 2.99. The summed E-state index contributed by atoms with van der Waals surface area (Å²) in [4.78, 5) is 7.99. The van der Waals surface area contributed by atoms with Crippen LogP contribution in [0.4, 0.5) is 5.13 Å².